The van der Waals surface area contributed by atoms with Crippen LogP contribution in [0.2, 0.25) is 0 Å². The van der Waals surface area contributed by atoms with Crippen molar-refractivity contribution in [2.75, 3.05) is 26.2 Å². The predicted molar refractivity (Wildman–Crippen MR) is 47.3 cm³/mol. The number of hydrogen-bond donors (Lipinski definition) is 2. The van der Waals surface area contributed by atoms with Gasteiger partial charge >= 0.3 is 0 Å². The van der Waals surface area contributed by atoms with Gasteiger partial charge in [0.05, 0.1) is 6.17 Å². The number of nitrogens with one attached hydrogen (secondary N) is 1. The monoisotopic (exact) mass is 157 g/mol. The van der Waals surface area contributed by atoms with Crippen LogP contribution in [0.25, 0.3) is 0 Å². The van der Waals surface area contributed by atoms with E-state index in [-0.39, 0.29) is 6.17 Å². The Morgan fingerprint density at radius 3 is 3.09 bits per heavy atom. The molecule has 1 fully saturated rings. The maximum absolute atomic E-state index is 5.74. The minimum atomic E-state index is 0.195. The van der Waals surface area contributed by atoms with Crippen molar-refractivity contribution in [1.82, 2.24) is 10.2 Å². The smallest absolute Gasteiger partial charge is 0.0678 e. The molecular formula is C8H19N3. The molecule has 0 saturated carbocycles. The molecule has 3 heteroatoms. The van der Waals surface area contributed by atoms with E-state index in [9.17, 15) is 0 Å². The predicted octanol–water partition coefficient (Wildman–Crippen LogP) is -0.0235. The summed E-state index contributed by atoms with van der Waals surface area (Å²) >= 11 is 0. The first-order chi connectivity index (χ1) is 5.33. The molecule has 1 aliphatic rings. The van der Waals surface area contributed by atoms with Gasteiger partial charge in [0.2, 0.25) is 0 Å². The number of unbranched alkanes of at least 4 members (excludes halogenated alkanes) is 1. The van der Waals surface area contributed by atoms with Crippen molar-refractivity contribution in [3.05, 3.63) is 0 Å². The van der Waals surface area contributed by atoms with E-state index in [1.54, 1.807) is 0 Å². The van der Waals surface area contributed by atoms with Gasteiger partial charge in [-0.25, -0.2) is 0 Å². The summed E-state index contributed by atoms with van der Waals surface area (Å²) < 4.78 is 0. The van der Waals surface area contributed by atoms with E-state index in [0.29, 0.717) is 0 Å². The van der Waals surface area contributed by atoms with Crippen LogP contribution in [-0.4, -0.2) is 37.2 Å². The lowest BCUT2D eigenvalue weighted by Gasteiger charge is -2.31. The molecule has 11 heavy (non-hydrogen) atoms. The van der Waals surface area contributed by atoms with Crippen LogP contribution in [-0.2, 0) is 0 Å². The molecule has 0 spiro atoms. The van der Waals surface area contributed by atoms with Crippen LogP contribution < -0.4 is 11.1 Å². The Morgan fingerprint density at radius 2 is 2.45 bits per heavy atom. The van der Waals surface area contributed by atoms with E-state index >= 15 is 0 Å². The van der Waals surface area contributed by atoms with E-state index in [4.69, 9.17) is 5.73 Å². The summed E-state index contributed by atoms with van der Waals surface area (Å²) in [6.45, 7) is 6.66. The van der Waals surface area contributed by atoms with E-state index in [0.717, 1.165) is 19.6 Å². The average Bonchev–Trinajstić information content (AvgIpc) is 2.01. The van der Waals surface area contributed by atoms with Gasteiger partial charge in [0.1, 0.15) is 0 Å². The summed E-state index contributed by atoms with van der Waals surface area (Å²) in [5.74, 6) is 0. The van der Waals surface area contributed by atoms with Crippen LogP contribution in [0.4, 0.5) is 0 Å². The number of piperazine rings is 1. The van der Waals surface area contributed by atoms with Crippen LogP contribution in [0, 0.1) is 0 Å². The van der Waals surface area contributed by atoms with Crippen LogP contribution in [0.1, 0.15) is 19.8 Å². The molecule has 1 saturated heterocycles. The first-order valence-corrected chi connectivity index (χ1v) is 4.54. The van der Waals surface area contributed by atoms with Crippen LogP contribution in [0.3, 0.4) is 0 Å². The zero-order chi connectivity index (χ0) is 8.10. The Hall–Kier alpha value is -0.120. The second-order valence-electron chi connectivity index (χ2n) is 3.21. The van der Waals surface area contributed by atoms with Crippen molar-refractivity contribution in [3.8, 4) is 0 Å². The summed E-state index contributed by atoms with van der Waals surface area (Å²) in [6.07, 6.45) is 2.77. The SMILES string of the molecule is CCCCN1CCNC(N)C1. The quantitative estimate of drug-likeness (QED) is 0.605. The molecule has 1 unspecified atom stereocenters. The molecular weight excluding hydrogens is 138 g/mol. The summed E-state index contributed by atoms with van der Waals surface area (Å²) in [7, 11) is 0. The number of nitrogens with two attached hydrogens (primary N) is 1. The maximum atomic E-state index is 5.74. The molecule has 66 valence electrons. The Bertz CT molecular complexity index is 106. The summed E-state index contributed by atoms with van der Waals surface area (Å²) in [4.78, 5) is 2.44. The molecule has 0 aromatic rings. The van der Waals surface area contributed by atoms with Gasteiger partial charge in [-0.2, -0.15) is 0 Å². The number of hydrogen-bond acceptors (Lipinski definition) is 3. The van der Waals surface area contributed by atoms with Gasteiger partial charge in [0.15, 0.2) is 0 Å². The fourth-order valence-corrected chi connectivity index (χ4v) is 1.43. The zero-order valence-electron chi connectivity index (χ0n) is 7.34. The minimum Gasteiger partial charge on any atom is -0.315 e. The van der Waals surface area contributed by atoms with Crippen LogP contribution in [0.5, 0.6) is 0 Å². The third-order valence-electron chi connectivity index (χ3n) is 2.12. The Labute approximate surface area is 68.9 Å². The molecule has 0 bridgehead atoms. The molecule has 0 aromatic heterocycles. The van der Waals surface area contributed by atoms with Gasteiger partial charge in [-0.05, 0) is 13.0 Å². The van der Waals surface area contributed by atoms with Crippen molar-refractivity contribution >= 4 is 0 Å². The molecule has 1 heterocycles. The third kappa shape index (κ3) is 3.18. The maximum Gasteiger partial charge on any atom is 0.0678 e. The highest BCUT2D eigenvalue weighted by molar-refractivity contribution is 4.73. The Morgan fingerprint density at radius 1 is 1.64 bits per heavy atom. The fourth-order valence-electron chi connectivity index (χ4n) is 1.43. The lowest BCUT2D eigenvalue weighted by atomic mass is 10.2. The van der Waals surface area contributed by atoms with Gasteiger partial charge in [-0.3, -0.25) is 10.2 Å². The molecule has 1 rings (SSSR count). The van der Waals surface area contributed by atoms with Gasteiger partial charge < -0.3 is 5.73 Å². The fraction of sp³-hybridized carbons (Fsp3) is 1.00. The molecule has 1 atom stereocenters. The number of rotatable bonds is 3. The van der Waals surface area contributed by atoms with E-state index in [1.807, 2.05) is 0 Å². The molecule has 1 aliphatic heterocycles. The molecule has 0 radical (unpaired) electrons. The molecule has 0 amide bonds. The summed E-state index contributed by atoms with van der Waals surface area (Å²) in [5, 5.41) is 3.22. The zero-order valence-corrected chi connectivity index (χ0v) is 7.34. The van der Waals surface area contributed by atoms with Crippen molar-refractivity contribution in [3.63, 3.8) is 0 Å². The van der Waals surface area contributed by atoms with Crippen molar-refractivity contribution in [2.24, 2.45) is 5.73 Å². The second kappa shape index (κ2) is 4.70. The number of nitrogens with zero attached hydrogens (tertiary/aromatic N) is 1. The minimum absolute atomic E-state index is 0.195. The van der Waals surface area contributed by atoms with Gasteiger partial charge in [0.25, 0.3) is 0 Å². The standard InChI is InChI=1S/C8H19N3/c1-2-3-5-11-6-4-10-8(9)7-11/h8,10H,2-7,9H2,1H3. The lowest BCUT2D eigenvalue weighted by molar-refractivity contribution is 0.200. The van der Waals surface area contributed by atoms with E-state index < -0.39 is 0 Å². The van der Waals surface area contributed by atoms with Crippen LogP contribution >= 0.6 is 0 Å². The van der Waals surface area contributed by atoms with Crippen LogP contribution in [0.15, 0.2) is 0 Å². The summed E-state index contributed by atoms with van der Waals surface area (Å²) in [6, 6.07) is 0. The second-order valence-corrected chi connectivity index (χ2v) is 3.21. The Balaban J connectivity index is 2.12. The highest BCUT2D eigenvalue weighted by atomic mass is 15.2. The largest absolute Gasteiger partial charge is 0.315 e. The van der Waals surface area contributed by atoms with Gasteiger partial charge in [-0.15, -0.1) is 0 Å². The first kappa shape index (κ1) is 8.97. The highest BCUT2D eigenvalue weighted by Gasteiger charge is 2.14. The highest BCUT2D eigenvalue weighted by Crippen LogP contribution is 1.98. The van der Waals surface area contributed by atoms with Gasteiger partial charge in [-0.1, -0.05) is 13.3 Å². The Kier molecular flexibility index (Phi) is 3.83. The molecule has 3 nitrogen and oxygen atoms in total. The van der Waals surface area contributed by atoms with E-state index in [2.05, 4.69) is 17.1 Å². The van der Waals surface area contributed by atoms with Crippen molar-refractivity contribution in [2.45, 2.75) is 25.9 Å². The molecule has 0 aliphatic carbocycles. The lowest BCUT2D eigenvalue weighted by Crippen LogP contribution is -2.54. The van der Waals surface area contributed by atoms with Crippen molar-refractivity contribution in [1.29, 1.82) is 0 Å². The normalized spacial score (nSPS) is 27.3. The van der Waals surface area contributed by atoms with Gasteiger partial charge in [0, 0.05) is 19.6 Å². The van der Waals surface area contributed by atoms with E-state index in [1.165, 1.54) is 19.4 Å². The summed E-state index contributed by atoms with van der Waals surface area (Å²) in [5.41, 5.74) is 5.74. The topological polar surface area (TPSA) is 41.3 Å². The van der Waals surface area contributed by atoms with Crippen molar-refractivity contribution < 1.29 is 0 Å². The third-order valence-corrected chi connectivity index (χ3v) is 2.12. The molecule has 0 aromatic carbocycles. The average molecular weight is 157 g/mol. The first-order valence-electron chi connectivity index (χ1n) is 4.54. The molecule has 3 N–H and O–H groups in total.